The summed E-state index contributed by atoms with van der Waals surface area (Å²) in [6.45, 7) is 3.66. The molecule has 2 unspecified atom stereocenters. The Bertz CT molecular complexity index is 603. The zero-order valence-electron chi connectivity index (χ0n) is 14.2. The van der Waals surface area contributed by atoms with Crippen LogP contribution in [-0.4, -0.2) is 19.5 Å². The largest absolute Gasteiger partial charge is 0.492 e. The minimum atomic E-state index is -0.0760. The molecule has 1 fully saturated rings. The maximum absolute atomic E-state index is 5.93. The van der Waals surface area contributed by atoms with E-state index in [0.29, 0.717) is 5.92 Å². The molecule has 0 aromatic heterocycles. The van der Waals surface area contributed by atoms with Gasteiger partial charge in [-0.15, -0.1) is 0 Å². The first kappa shape index (κ1) is 17.6. The van der Waals surface area contributed by atoms with Crippen LogP contribution in [-0.2, 0) is 9.47 Å². The maximum atomic E-state index is 5.93. The molecule has 3 rings (SSSR count). The topological polar surface area (TPSA) is 27.7 Å². The van der Waals surface area contributed by atoms with Crippen LogP contribution in [0.15, 0.2) is 46.7 Å². The van der Waals surface area contributed by atoms with Gasteiger partial charge in [-0.25, -0.2) is 0 Å². The van der Waals surface area contributed by atoms with Crippen molar-refractivity contribution in [3.8, 4) is 5.75 Å². The van der Waals surface area contributed by atoms with E-state index < -0.39 is 0 Å². The summed E-state index contributed by atoms with van der Waals surface area (Å²) in [5.74, 6) is 2.21. The molecule has 1 aromatic carbocycles. The van der Waals surface area contributed by atoms with Crippen LogP contribution in [0.5, 0.6) is 5.75 Å². The van der Waals surface area contributed by atoms with Crippen molar-refractivity contribution < 1.29 is 14.2 Å². The predicted molar refractivity (Wildman–Crippen MR) is 99.2 cm³/mol. The number of halogens is 1. The fraction of sp³-hybridized carbons (Fsp3) is 0.500. The molecule has 1 aliphatic carbocycles. The molecule has 0 bridgehead atoms. The number of hydrogen-bond acceptors (Lipinski definition) is 3. The second kappa shape index (κ2) is 8.72. The first-order chi connectivity index (χ1) is 11.8. The molecule has 1 aliphatic heterocycles. The molecule has 0 saturated carbocycles. The summed E-state index contributed by atoms with van der Waals surface area (Å²) < 4.78 is 18.4. The molecule has 0 spiro atoms. The van der Waals surface area contributed by atoms with E-state index >= 15 is 0 Å². The van der Waals surface area contributed by atoms with Crippen molar-refractivity contribution in [3.63, 3.8) is 0 Å². The highest BCUT2D eigenvalue weighted by molar-refractivity contribution is 9.10. The minimum absolute atomic E-state index is 0.0760. The lowest BCUT2D eigenvalue weighted by molar-refractivity contribution is -0.136. The molecule has 24 heavy (non-hydrogen) atoms. The van der Waals surface area contributed by atoms with Gasteiger partial charge in [-0.1, -0.05) is 19.1 Å². The SMILES string of the molecule is CCCOc1cc(C2C=CC(OC3CCCCO3)=CC2)ccc1Br. The third kappa shape index (κ3) is 4.64. The summed E-state index contributed by atoms with van der Waals surface area (Å²) in [7, 11) is 0. The molecule has 3 nitrogen and oxygen atoms in total. The van der Waals surface area contributed by atoms with Crippen molar-refractivity contribution in [1.29, 1.82) is 0 Å². The Balaban J connectivity index is 1.60. The number of allylic oxidation sites excluding steroid dienone is 3. The number of rotatable bonds is 6. The Hall–Kier alpha value is -1.26. The second-order valence-electron chi connectivity index (χ2n) is 6.26. The highest BCUT2D eigenvalue weighted by Gasteiger charge is 2.18. The van der Waals surface area contributed by atoms with Crippen LogP contribution in [0.1, 0.15) is 50.5 Å². The first-order valence-corrected chi connectivity index (χ1v) is 9.64. The average Bonchev–Trinajstić information content (AvgIpc) is 2.63. The van der Waals surface area contributed by atoms with Gasteiger partial charge in [0.25, 0.3) is 0 Å². The smallest absolute Gasteiger partial charge is 0.199 e. The van der Waals surface area contributed by atoms with Gasteiger partial charge in [0.15, 0.2) is 6.29 Å². The van der Waals surface area contributed by atoms with Crippen molar-refractivity contribution in [2.45, 2.75) is 51.2 Å². The molecule has 1 saturated heterocycles. The lowest BCUT2D eigenvalue weighted by Crippen LogP contribution is -2.22. The molecule has 0 radical (unpaired) electrons. The van der Waals surface area contributed by atoms with E-state index in [9.17, 15) is 0 Å². The Kier molecular flexibility index (Phi) is 6.38. The molecule has 130 valence electrons. The van der Waals surface area contributed by atoms with E-state index in [1.54, 1.807) is 0 Å². The van der Waals surface area contributed by atoms with Crippen LogP contribution in [0, 0.1) is 0 Å². The second-order valence-corrected chi connectivity index (χ2v) is 7.11. The van der Waals surface area contributed by atoms with Gasteiger partial charge in [0, 0.05) is 12.3 Å². The maximum Gasteiger partial charge on any atom is 0.199 e. The van der Waals surface area contributed by atoms with Crippen molar-refractivity contribution in [2.24, 2.45) is 0 Å². The van der Waals surface area contributed by atoms with Gasteiger partial charge in [-0.2, -0.15) is 0 Å². The summed E-state index contributed by atoms with van der Waals surface area (Å²) in [6, 6.07) is 6.36. The van der Waals surface area contributed by atoms with Gasteiger partial charge >= 0.3 is 0 Å². The predicted octanol–water partition coefficient (Wildman–Crippen LogP) is 5.71. The Morgan fingerprint density at radius 3 is 2.92 bits per heavy atom. The van der Waals surface area contributed by atoms with E-state index in [1.165, 1.54) is 12.0 Å². The summed E-state index contributed by atoms with van der Waals surface area (Å²) in [6.07, 6.45) is 11.6. The van der Waals surface area contributed by atoms with Crippen LogP contribution in [0.2, 0.25) is 0 Å². The quantitative estimate of drug-likeness (QED) is 0.620. The van der Waals surface area contributed by atoms with Gasteiger partial charge < -0.3 is 14.2 Å². The van der Waals surface area contributed by atoms with Gasteiger partial charge in [-0.05, 0) is 71.5 Å². The fourth-order valence-corrected chi connectivity index (χ4v) is 3.33. The van der Waals surface area contributed by atoms with Gasteiger partial charge in [0.2, 0.25) is 0 Å². The average molecular weight is 393 g/mol. The third-order valence-corrected chi connectivity index (χ3v) is 4.97. The van der Waals surface area contributed by atoms with E-state index in [2.05, 4.69) is 59.3 Å². The van der Waals surface area contributed by atoms with Crippen LogP contribution in [0.3, 0.4) is 0 Å². The molecule has 0 N–H and O–H groups in total. The molecule has 1 aromatic rings. The lowest BCUT2D eigenvalue weighted by atomic mass is 9.92. The highest BCUT2D eigenvalue weighted by Crippen LogP contribution is 2.33. The molecule has 0 amide bonds. The monoisotopic (exact) mass is 392 g/mol. The van der Waals surface area contributed by atoms with Gasteiger partial charge in [-0.3, -0.25) is 0 Å². The standard InChI is InChI=1S/C20H25BrO3/c1-2-12-22-19-14-16(8-11-18(19)21)15-6-9-17(10-7-15)24-20-5-3-4-13-23-20/h6,8-11,14-15,20H,2-5,7,12-13H2,1H3. The summed E-state index contributed by atoms with van der Waals surface area (Å²) in [5, 5.41) is 0. The summed E-state index contributed by atoms with van der Waals surface area (Å²) >= 11 is 3.56. The van der Waals surface area contributed by atoms with Gasteiger partial charge in [0.1, 0.15) is 11.5 Å². The van der Waals surface area contributed by atoms with Crippen molar-refractivity contribution in [1.82, 2.24) is 0 Å². The Morgan fingerprint density at radius 2 is 2.21 bits per heavy atom. The van der Waals surface area contributed by atoms with Gasteiger partial charge in [0.05, 0.1) is 17.7 Å². The zero-order valence-corrected chi connectivity index (χ0v) is 15.8. The minimum Gasteiger partial charge on any atom is -0.492 e. The van der Waals surface area contributed by atoms with Crippen LogP contribution >= 0.6 is 15.9 Å². The van der Waals surface area contributed by atoms with Crippen LogP contribution in [0.25, 0.3) is 0 Å². The van der Waals surface area contributed by atoms with Crippen molar-refractivity contribution in [3.05, 3.63) is 52.2 Å². The normalized spacial score (nSPS) is 23.7. The fourth-order valence-electron chi connectivity index (χ4n) is 2.96. The molecule has 4 heteroatoms. The molecular formula is C20H25BrO3. The lowest BCUT2D eigenvalue weighted by Gasteiger charge is -2.25. The highest BCUT2D eigenvalue weighted by atomic mass is 79.9. The number of ether oxygens (including phenoxy) is 3. The first-order valence-electron chi connectivity index (χ1n) is 8.85. The summed E-state index contributed by atoms with van der Waals surface area (Å²) in [4.78, 5) is 0. The van der Waals surface area contributed by atoms with E-state index in [4.69, 9.17) is 14.2 Å². The molecule has 1 heterocycles. The summed E-state index contributed by atoms with van der Waals surface area (Å²) in [5.41, 5.74) is 1.27. The molecular weight excluding hydrogens is 368 g/mol. The Labute approximate surface area is 152 Å². The van der Waals surface area contributed by atoms with Crippen molar-refractivity contribution in [2.75, 3.05) is 13.2 Å². The molecule has 2 atom stereocenters. The number of hydrogen-bond donors (Lipinski definition) is 0. The van der Waals surface area contributed by atoms with Crippen LogP contribution < -0.4 is 4.74 Å². The number of benzene rings is 1. The van der Waals surface area contributed by atoms with Crippen LogP contribution in [0.4, 0.5) is 0 Å². The Morgan fingerprint density at radius 1 is 1.29 bits per heavy atom. The third-order valence-electron chi connectivity index (χ3n) is 4.32. The van der Waals surface area contributed by atoms with E-state index in [1.807, 2.05) is 0 Å². The van der Waals surface area contributed by atoms with E-state index in [-0.39, 0.29) is 6.29 Å². The van der Waals surface area contributed by atoms with Crippen molar-refractivity contribution >= 4 is 15.9 Å². The zero-order chi connectivity index (χ0) is 16.8. The molecule has 2 aliphatic rings. The van der Waals surface area contributed by atoms with E-state index in [0.717, 1.165) is 54.9 Å².